The van der Waals surface area contributed by atoms with Crippen LogP contribution in [0.15, 0.2) is 54.9 Å². The van der Waals surface area contributed by atoms with Crippen molar-refractivity contribution in [3.63, 3.8) is 0 Å². The molecular formula is C24H26N4S. The van der Waals surface area contributed by atoms with E-state index >= 15 is 0 Å². The van der Waals surface area contributed by atoms with Crippen molar-refractivity contribution in [2.45, 2.75) is 27.7 Å². The summed E-state index contributed by atoms with van der Waals surface area (Å²) >= 11 is 1.72. The molecule has 0 bridgehead atoms. The van der Waals surface area contributed by atoms with E-state index in [0.29, 0.717) is 0 Å². The van der Waals surface area contributed by atoms with Crippen molar-refractivity contribution in [3.05, 3.63) is 65.3 Å². The molecule has 0 aliphatic heterocycles. The highest BCUT2D eigenvalue weighted by Crippen LogP contribution is 2.41. The SMILES string of the molecule is CCN(CC)c1ccc(Nc2ncnc3sc(C)c(-c4ccccc4)c23)c(C)c1. The van der Waals surface area contributed by atoms with Crippen LogP contribution in [0.4, 0.5) is 17.2 Å². The summed E-state index contributed by atoms with van der Waals surface area (Å²) in [6, 6.07) is 17.1. The van der Waals surface area contributed by atoms with E-state index in [0.717, 1.165) is 34.8 Å². The third-order valence-electron chi connectivity index (χ3n) is 5.32. The zero-order chi connectivity index (χ0) is 20.4. The topological polar surface area (TPSA) is 41.0 Å². The lowest BCUT2D eigenvalue weighted by Crippen LogP contribution is -2.21. The van der Waals surface area contributed by atoms with Crippen LogP contribution in [0.1, 0.15) is 24.3 Å². The lowest BCUT2D eigenvalue weighted by Gasteiger charge is -2.22. The fraction of sp³-hybridized carbons (Fsp3) is 0.250. The Morgan fingerprint density at radius 2 is 1.72 bits per heavy atom. The normalized spacial score (nSPS) is 11.0. The highest BCUT2D eigenvalue weighted by molar-refractivity contribution is 7.19. The van der Waals surface area contributed by atoms with Crippen LogP contribution in [-0.2, 0) is 0 Å². The number of rotatable bonds is 6. The second kappa shape index (κ2) is 8.21. The summed E-state index contributed by atoms with van der Waals surface area (Å²) in [5, 5.41) is 4.67. The zero-order valence-electron chi connectivity index (χ0n) is 17.4. The fourth-order valence-electron chi connectivity index (χ4n) is 3.79. The highest BCUT2D eigenvalue weighted by atomic mass is 32.1. The molecule has 0 atom stereocenters. The first-order chi connectivity index (χ1) is 14.1. The van der Waals surface area contributed by atoms with Gasteiger partial charge in [0, 0.05) is 34.9 Å². The summed E-state index contributed by atoms with van der Waals surface area (Å²) in [6.07, 6.45) is 1.65. The number of nitrogens with one attached hydrogen (secondary N) is 1. The van der Waals surface area contributed by atoms with Gasteiger partial charge in [0.2, 0.25) is 0 Å². The van der Waals surface area contributed by atoms with Gasteiger partial charge in [-0.2, -0.15) is 0 Å². The molecule has 0 saturated heterocycles. The molecule has 2 aromatic carbocycles. The van der Waals surface area contributed by atoms with Gasteiger partial charge in [0.05, 0.1) is 5.39 Å². The number of thiophene rings is 1. The molecule has 2 aromatic heterocycles. The summed E-state index contributed by atoms with van der Waals surface area (Å²) in [5.41, 5.74) is 5.94. The number of aromatic nitrogens is 2. The molecule has 5 heteroatoms. The molecule has 0 saturated carbocycles. The van der Waals surface area contributed by atoms with E-state index in [2.05, 4.69) is 90.3 Å². The number of fused-ring (bicyclic) bond motifs is 1. The summed E-state index contributed by atoms with van der Waals surface area (Å²) in [4.78, 5) is 13.8. The van der Waals surface area contributed by atoms with Gasteiger partial charge in [-0.3, -0.25) is 0 Å². The van der Waals surface area contributed by atoms with Crippen LogP contribution >= 0.6 is 11.3 Å². The Kier molecular flexibility index (Phi) is 5.49. The van der Waals surface area contributed by atoms with Crippen molar-refractivity contribution >= 4 is 38.7 Å². The Labute approximate surface area is 176 Å². The van der Waals surface area contributed by atoms with E-state index in [4.69, 9.17) is 0 Å². The molecule has 0 spiro atoms. The van der Waals surface area contributed by atoms with Crippen LogP contribution in [0.5, 0.6) is 0 Å². The Morgan fingerprint density at radius 1 is 0.966 bits per heavy atom. The maximum absolute atomic E-state index is 4.61. The first kappa shape index (κ1) is 19.4. The molecular weight excluding hydrogens is 376 g/mol. The molecule has 0 aliphatic carbocycles. The third-order valence-corrected chi connectivity index (χ3v) is 6.33. The second-order valence-electron chi connectivity index (χ2n) is 7.10. The number of aryl methyl sites for hydroxylation is 2. The van der Waals surface area contributed by atoms with E-state index in [1.54, 1.807) is 17.7 Å². The van der Waals surface area contributed by atoms with Gasteiger partial charge in [-0.15, -0.1) is 11.3 Å². The van der Waals surface area contributed by atoms with Crippen molar-refractivity contribution in [1.82, 2.24) is 9.97 Å². The molecule has 2 heterocycles. The first-order valence-corrected chi connectivity index (χ1v) is 10.9. The van der Waals surface area contributed by atoms with Crippen molar-refractivity contribution in [3.8, 4) is 11.1 Å². The van der Waals surface area contributed by atoms with E-state index in [1.165, 1.54) is 27.3 Å². The molecule has 0 aliphatic rings. The first-order valence-electron chi connectivity index (χ1n) is 10.0. The van der Waals surface area contributed by atoms with Crippen molar-refractivity contribution < 1.29 is 0 Å². The van der Waals surface area contributed by atoms with Crippen LogP contribution in [0.3, 0.4) is 0 Å². The molecule has 0 radical (unpaired) electrons. The van der Waals surface area contributed by atoms with Crippen LogP contribution in [0, 0.1) is 13.8 Å². The summed E-state index contributed by atoms with van der Waals surface area (Å²) < 4.78 is 0. The molecule has 1 N–H and O–H groups in total. The predicted octanol–water partition coefficient (Wildman–Crippen LogP) is 6.56. The van der Waals surface area contributed by atoms with Crippen LogP contribution in [-0.4, -0.2) is 23.1 Å². The monoisotopic (exact) mass is 402 g/mol. The molecule has 29 heavy (non-hydrogen) atoms. The van der Waals surface area contributed by atoms with Crippen molar-refractivity contribution in [2.24, 2.45) is 0 Å². The van der Waals surface area contributed by atoms with Gasteiger partial charge in [-0.05, 0) is 57.0 Å². The number of hydrogen-bond donors (Lipinski definition) is 1. The molecule has 4 nitrogen and oxygen atoms in total. The summed E-state index contributed by atoms with van der Waals surface area (Å²) in [6.45, 7) is 10.7. The molecule has 0 unspecified atom stereocenters. The lowest BCUT2D eigenvalue weighted by atomic mass is 10.0. The van der Waals surface area contributed by atoms with Gasteiger partial charge < -0.3 is 10.2 Å². The van der Waals surface area contributed by atoms with Gasteiger partial charge >= 0.3 is 0 Å². The minimum absolute atomic E-state index is 0.858. The molecule has 148 valence electrons. The zero-order valence-corrected chi connectivity index (χ0v) is 18.2. The van der Waals surface area contributed by atoms with Crippen molar-refractivity contribution in [1.29, 1.82) is 0 Å². The van der Waals surface area contributed by atoms with Crippen molar-refractivity contribution in [2.75, 3.05) is 23.3 Å². The number of benzene rings is 2. The minimum atomic E-state index is 0.858. The largest absolute Gasteiger partial charge is 0.372 e. The Balaban J connectivity index is 1.78. The van der Waals surface area contributed by atoms with Crippen LogP contribution in [0.25, 0.3) is 21.3 Å². The molecule has 4 aromatic rings. The molecule has 0 fully saturated rings. The van der Waals surface area contributed by atoms with E-state index < -0.39 is 0 Å². The van der Waals surface area contributed by atoms with Gasteiger partial charge in [0.1, 0.15) is 17.0 Å². The van der Waals surface area contributed by atoms with Gasteiger partial charge in [0.15, 0.2) is 0 Å². The molecule has 0 amide bonds. The van der Waals surface area contributed by atoms with Gasteiger partial charge in [-0.1, -0.05) is 30.3 Å². The quantitative estimate of drug-likeness (QED) is 0.396. The Bertz CT molecular complexity index is 1130. The number of nitrogens with zero attached hydrogens (tertiary/aromatic N) is 3. The average Bonchev–Trinajstić information content (AvgIpc) is 3.08. The smallest absolute Gasteiger partial charge is 0.143 e. The van der Waals surface area contributed by atoms with Gasteiger partial charge in [-0.25, -0.2) is 9.97 Å². The average molecular weight is 403 g/mol. The van der Waals surface area contributed by atoms with Gasteiger partial charge in [0.25, 0.3) is 0 Å². The third kappa shape index (κ3) is 3.70. The Morgan fingerprint density at radius 3 is 2.41 bits per heavy atom. The molecule has 4 rings (SSSR count). The fourth-order valence-corrected chi connectivity index (χ4v) is 4.81. The highest BCUT2D eigenvalue weighted by Gasteiger charge is 2.17. The maximum atomic E-state index is 4.61. The minimum Gasteiger partial charge on any atom is -0.372 e. The lowest BCUT2D eigenvalue weighted by molar-refractivity contribution is 0.866. The van der Waals surface area contributed by atoms with Crippen LogP contribution < -0.4 is 10.2 Å². The standard InChI is InChI=1S/C24H26N4S/c1-5-28(6-2)19-12-13-20(16(3)14-19)27-23-22-21(18-10-8-7-9-11-18)17(4)29-24(22)26-15-25-23/h7-15H,5-6H2,1-4H3,(H,25,26,27). The van der Waals surface area contributed by atoms with Crippen LogP contribution in [0.2, 0.25) is 0 Å². The Hall–Kier alpha value is -2.92. The van der Waals surface area contributed by atoms with E-state index in [1.807, 2.05) is 6.07 Å². The number of hydrogen-bond acceptors (Lipinski definition) is 5. The summed E-state index contributed by atoms with van der Waals surface area (Å²) in [5.74, 6) is 0.858. The second-order valence-corrected chi connectivity index (χ2v) is 8.30. The maximum Gasteiger partial charge on any atom is 0.143 e. The number of anilines is 3. The van der Waals surface area contributed by atoms with E-state index in [9.17, 15) is 0 Å². The van der Waals surface area contributed by atoms with E-state index in [-0.39, 0.29) is 0 Å². The predicted molar refractivity (Wildman–Crippen MR) is 126 cm³/mol. The summed E-state index contributed by atoms with van der Waals surface area (Å²) in [7, 11) is 0.